The molecule has 30 heavy (non-hydrogen) atoms. The first kappa shape index (κ1) is 19.3. The molecule has 0 atom stereocenters. The average molecular weight is 412 g/mol. The summed E-state index contributed by atoms with van der Waals surface area (Å²) in [6.07, 6.45) is 1.73. The maximum Gasteiger partial charge on any atom is 0.332 e. The molecule has 0 aliphatic carbocycles. The van der Waals surface area contributed by atoms with E-state index in [4.69, 9.17) is 15.2 Å². The zero-order chi connectivity index (χ0) is 21.7. The molecule has 11 heteroatoms. The SMILES string of the molecule is COc1ccc(OC)c(-n2c(C)cn3c4c(=O)n(CC(N)=O)c(=O)n(C)c4nc23)c1. The predicted molar refractivity (Wildman–Crippen MR) is 109 cm³/mol. The highest BCUT2D eigenvalue weighted by Gasteiger charge is 2.22. The van der Waals surface area contributed by atoms with E-state index in [2.05, 4.69) is 4.98 Å². The quantitative estimate of drug-likeness (QED) is 0.490. The fourth-order valence-electron chi connectivity index (χ4n) is 3.58. The van der Waals surface area contributed by atoms with Crippen molar-refractivity contribution >= 4 is 22.8 Å². The summed E-state index contributed by atoms with van der Waals surface area (Å²) in [6.45, 7) is 1.33. The van der Waals surface area contributed by atoms with Crippen molar-refractivity contribution in [2.45, 2.75) is 13.5 Å². The third kappa shape index (κ3) is 2.66. The Morgan fingerprint density at radius 3 is 2.57 bits per heavy atom. The van der Waals surface area contributed by atoms with Gasteiger partial charge in [0.15, 0.2) is 11.2 Å². The summed E-state index contributed by atoms with van der Waals surface area (Å²) in [5, 5.41) is 0. The molecule has 0 fully saturated rings. The second kappa shape index (κ2) is 6.79. The Bertz CT molecular complexity index is 1440. The molecular weight excluding hydrogens is 392 g/mol. The van der Waals surface area contributed by atoms with Crippen molar-refractivity contribution in [3.63, 3.8) is 0 Å². The zero-order valence-electron chi connectivity index (χ0n) is 16.9. The number of fused-ring (bicyclic) bond motifs is 3. The third-order valence-electron chi connectivity index (χ3n) is 4.97. The fraction of sp³-hybridized carbons (Fsp3) is 0.263. The zero-order valence-corrected chi connectivity index (χ0v) is 16.9. The van der Waals surface area contributed by atoms with Crippen LogP contribution in [-0.4, -0.2) is 43.2 Å². The van der Waals surface area contributed by atoms with E-state index in [1.54, 1.807) is 47.6 Å². The van der Waals surface area contributed by atoms with Crippen LogP contribution in [0, 0.1) is 6.92 Å². The number of carbonyl (C=O) groups excluding carboxylic acids is 1. The van der Waals surface area contributed by atoms with Crippen molar-refractivity contribution in [1.82, 2.24) is 23.1 Å². The third-order valence-corrected chi connectivity index (χ3v) is 4.97. The van der Waals surface area contributed by atoms with E-state index < -0.39 is 23.7 Å². The number of imidazole rings is 2. The summed E-state index contributed by atoms with van der Waals surface area (Å²) in [7, 11) is 4.59. The van der Waals surface area contributed by atoms with Gasteiger partial charge in [-0.25, -0.2) is 9.36 Å². The number of hydrogen-bond acceptors (Lipinski definition) is 6. The Morgan fingerprint density at radius 1 is 1.20 bits per heavy atom. The number of aromatic nitrogens is 5. The van der Waals surface area contributed by atoms with E-state index in [1.165, 1.54) is 11.6 Å². The van der Waals surface area contributed by atoms with E-state index in [9.17, 15) is 14.4 Å². The molecule has 0 radical (unpaired) electrons. The number of carbonyl (C=O) groups is 1. The van der Waals surface area contributed by atoms with Gasteiger partial charge in [0.25, 0.3) is 5.56 Å². The molecule has 4 rings (SSSR count). The van der Waals surface area contributed by atoms with Crippen molar-refractivity contribution in [2.75, 3.05) is 14.2 Å². The van der Waals surface area contributed by atoms with Crippen LogP contribution >= 0.6 is 0 Å². The summed E-state index contributed by atoms with van der Waals surface area (Å²) in [5.74, 6) is 0.801. The lowest BCUT2D eigenvalue weighted by Gasteiger charge is -2.12. The van der Waals surface area contributed by atoms with Gasteiger partial charge in [0.2, 0.25) is 11.7 Å². The van der Waals surface area contributed by atoms with Crippen molar-refractivity contribution in [1.29, 1.82) is 0 Å². The Morgan fingerprint density at radius 2 is 1.93 bits per heavy atom. The smallest absolute Gasteiger partial charge is 0.332 e. The Kier molecular flexibility index (Phi) is 4.37. The van der Waals surface area contributed by atoms with Crippen LogP contribution < -0.4 is 26.5 Å². The second-order valence-corrected chi connectivity index (χ2v) is 6.80. The number of nitrogens with two attached hydrogens (primary N) is 1. The molecule has 0 saturated heterocycles. The van der Waals surface area contributed by atoms with Gasteiger partial charge in [0, 0.05) is 25.0 Å². The van der Waals surface area contributed by atoms with Crippen molar-refractivity contribution in [2.24, 2.45) is 12.8 Å². The minimum absolute atomic E-state index is 0.164. The van der Waals surface area contributed by atoms with Crippen LogP contribution in [0.3, 0.4) is 0 Å². The van der Waals surface area contributed by atoms with Crippen LogP contribution in [0.5, 0.6) is 11.5 Å². The van der Waals surface area contributed by atoms with Crippen LogP contribution in [0.1, 0.15) is 5.69 Å². The lowest BCUT2D eigenvalue weighted by atomic mass is 10.2. The lowest BCUT2D eigenvalue weighted by molar-refractivity contribution is -0.118. The highest BCUT2D eigenvalue weighted by atomic mass is 16.5. The highest BCUT2D eigenvalue weighted by molar-refractivity contribution is 5.78. The maximum atomic E-state index is 13.0. The molecule has 0 bridgehead atoms. The number of nitrogens with zero attached hydrogens (tertiary/aromatic N) is 5. The summed E-state index contributed by atoms with van der Waals surface area (Å²) < 4.78 is 16.2. The Hall–Kier alpha value is -4.02. The normalized spacial score (nSPS) is 11.3. The molecule has 0 aliphatic heterocycles. The number of rotatable bonds is 5. The minimum atomic E-state index is -0.788. The second-order valence-electron chi connectivity index (χ2n) is 6.80. The maximum absolute atomic E-state index is 13.0. The molecule has 3 heterocycles. The molecule has 3 aromatic heterocycles. The number of hydrogen-bond donors (Lipinski definition) is 1. The van der Waals surface area contributed by atoms with Crippen LogP contribution in [-0.2, 0) is 18.4 Å². The molecule has 1 amide bonds. The van der Waals surface area contributed by atoms with Crippen molar-refractivity contribution < 1.29 is 14.3 Å². The number of methoxy groups -OCH3 is 2. The van der Waals surface area contributed by atoms with Gasteiger partial charge in [0.1, 0.15) is 18.0 Å². The van der Waals surface area contributed by atoms with Crippen LogP contribution in [0.25, 0.3) is 22.6 Å². The molecular formula is C19H20N6O5. The topological polar surface area (TPSA) is 128 Å². The summed E-state index contributed by atoms with van der Waals surface area (Å²) in [6, 6.07) is 5.32. The minimum Gasteiger partial charge on any atom is -0.497 e. The Balaban J connectivity index is 2.13. The van der Waals surface area contributed by atoms with Crippen molar-refractivity contribution in [3.8, 4) is 17.2 Å². The first-order valence-electron chi connectivity index (χ1n) is 8.99. The molecule has 156 valence electrons. The van der Waals surface area contributed by atoms with E-state index in [1.807, 2.05) is 6.92 Å². The van der Waals surface area contributed by atoms with Crippen LogP contribution in [0.2, 0.25) is 0 Å². The Labute approximate surface area is 169 Å². The highest BCUT2D eigenvalue weighted by Crippen LogP contribution is 2.31. The summed E-state index contributed by atoms with van der Waals surface area (Å²) in [4.78, 5) is 41.5. The van der Waals surface area contributed by atoms with Gasteiger partial charge in [-0.2, -0.15) is 4.98 Å². The number of primary amides is 1. The van der Waals surface area contributed by atoms with Gasteiger partial charge in [-0.05, 0) is 19.1 Å². The standard InChI is InChI=1S/C19H20N6O5/c1-10-8-23-15-16(22(2)19(28)24(17(15)27)9-14(20)26)21-18(23)25(10)12-7-11(29-3)5-6-13(12)30-4/h5-8H,9H2,1-4H3,(H2,20,26). The largest absolute Gasteiger partial charge is 0.497 e. The number of amides is 1. The first-order valence-corrected chi connectivity index (χ1v) is 8.99. The van der Waals surface area contributed by atoms with E-state index in [0.717, 1.165) is 10.3 Å². The average Bonchev–Trinajstić information content (AvgIpc) is 3.23. The van der Waals surface area contributed by atoms with Crippen molar-refractivity contribution in [3.05, 3.63) is 50.9 Å². The molecule has 0 unspecified atom stereocenters. The van der Waals surface area contributed by atoms with E-state index in [-0.39, 0.29) is 11.2 Å². The summed E-state index contributed by atoms with van der Waals surface area (Å²) >= 11 is 0. The first-order chi connectivity index (χ1) is 14.3. The monoisotopic (exact) mass is 412 g/mol. The molecule has 0 aliphatic rings. The molecule has 1 aromatic carbocycles. The molecule has 11 nitrogen and oxygen atoms in total. The van der Waals surface area contributed by atoms with Gasteiger partial charge >= 0.3 is 5.69 Å². The van der Waals surface area contributed by atoms with Crippen LogP contribution in [0.15, 0.2) is 34.0 Å². The number of ether oxygens (including phenoxy) is 2. The van der Waals surface area contributed by atoms with Gasteiger partial charge in [-0.1, -0.05) is 0 Å². The number of benzene rings is 1. The predicted octanol–water partition coefficient (Wildman–Crippen LogP) is -0.0505. The molecule has 0 saturated carbocycles. The fourth-order valence-corrected chi connectivity index (χ4v) is 3.58. The summed E-state index contributed by atoms with van der Waals surface area (Å²) in [5.41, 5.74) is 5.67. The molecule has 0 spiro atoms. The van der Waals surface area contributed by atoms with Gasteiger partial charge < -0.3 is 15.2 Å². The van der Waals surface area contributed by atoms with Gasteiger partial charge in [0.05, 0.1) is 19.9 Å². The van der Waals surface area contributed by atoms with Crippen LogP contribution in [0.4, 0.5) is 0 Å². The van der Waals surface area contributed by atoms with E-state index >= 15 is 0 Å². The van der Waals surface area contributed by atoms with Gasteiger partial charge in [-0.15, -0.1) is 0 Å². The molecule has 4 aromatic rings. The lowest BCUT2D eigenvalue weighted by Crippen LogP contribution is -2.42. The number of aryl methyl sites for hydroxylation is 2. The molecule has 2 N–H and O–H groups in total. The van der Waals surface area contributed by atoms with Gasteiger partial charge in [-0.3, -0.25) is 23.1 Å². The van der Waals surface area contributed by atoms with E-state index in [0.29, 0.717) is 23.0 Å².